The number of carboxylic acids is 1. The Bertz CT molecular complexity index is 357. The van der Waals surface area contributed by atoms with Crippen LogP contribution in [0.5, 0.6) is 0 Å². The van der Waals surface area contributed by atoms with Crippen LogP contribution in [0.4, 0.5) is 4.39 Å². The van der Waals surface area contributed by atoms with Gasteiger partial charge in [0.25, 0.3) is 0 Å². The summed E-state index contributed by atoms with van der Waals surface area (Å²) in [6, 6.07) is 3.60. The molecule has 0 aliphatic carbocycles. The minimum absolute atomic E-state index is 0.142. The zero-order valence-electron chi connectivity index (χ0n) is 7.21. The van der Waals surface area contributed by atoms with Crippen molar-refractivity contribution in [3.8, 4) is 0 Å². The van der Waals surface area contributed by atoms with Gasteiger partial charge in [-0.15, -0.1) is 0 Å². The molecule has 3 nitrogen and oxygen atoms in total. The molecule has 0 spiro atoms. The minimum atomic E-state index is -1.08. The summed E-state index contributed by atoms with van der Waals surface area (Å²) in [5, 5.41) is 8.55. The van der Waals surface area contributed by atoms with E-state index in [1.54, 1.807) is 12.1 Å². The second-order valence-electron chi connectivity index (χ2n) is 2.90. The van der Waals surface area contributed by atoms with Gasteiger partial charge in [-0.25, -0.2) is 4.39 Å². The summed E-state index contributed by atoms with van der Waals surface area (Å²) in [5.74, 6) is -1.43. The van der Waals surface area contributed by atoms with Crippen molar-refractivity contribution in [2.24, 2.45) is 5.73 Å². The van der Waals surface area contributed by atoms with Crippen molar-refractivity contribution in [3.63, 3.8) is 0 Å². The molecule has 5 heteroatoms. The molecule has 0 heterocycles. The lowest BCUT2D eigenvalue weighted by atomic mass is 10.1. The van der Waals surface area contributed by atoms with Gasteiger partial charge in [0.05, 0.1) is 0 Å². The number of halogens is 2. The van der Waals surface area contributed by atoms with Crippen LogP contribution in [0.15, 0.2) is 18.2 Å². The van der Waals surface area contributed by atoms with E-state index in [9.17, 15) is 9.18 Å². The Morgan fingerprint density at radius 3 is 2.79 bits per heavy atom. The molecule has 0 fully saturated rings. The first kappa shape index (κ1) is 11.4. The average Bonchev–Trinajstić information content (AvgIpc) is 2.11. The number of rotatable bonds is 3. The number of nitrogens with two attached hydrogens (primary N) is 1. The fourth-order valence-corrected chi connectivity index (χ4v) is 1.34. The molecule has 0 aromatic heterocycles. The van der Waals surface area contributed by atoms with Crippen LogP contribution in [-0.2, 0) is 11.2 Å². The van der Waals surface area contributed by atoms with E-state index >= 15 is 0 Å². The number of carbonyl (C=O) groups is 1. The number of aliphatic carboxylic acids is 1. The van der Waals surface area contributed by atoms with Gasteiger partial charge in [0, 0.05) is 3.57 Å². The molecule has 0 aliphatic heterocycles. The molecule has 1 aromatic carbocycles. The van der Waals surface area contributed by atoms with Crippen LogP contribution < -0.4 is 5.73 Å². The average molecular weight is 309 g/mol. The number of hydrogen-bond acceptors (Lipinski definition) is 2. The SMILES string of the molecule is N[C@@H](Cc1ccc(I)c(F)c1)C(=O)O. The Labute approximate surface area is 94.2 Å². The zero-order chi connectivity index (χ0) is 10.7. The molecular weight excluding hydrogens is 300 g/mol. The van der Waals surface area contributed by atoms with Crippen LogP contribution in [0.2, 0.25) is 0 Å². The molecule has 0 amide bonds. The number of carboxylic acid groups (broad SMARTS) is 1. The van der Waals surface area contributed by atoms with Crippen molar-refractivity contribution in [1.82, 2.24) is 0 Å². The third kappa shape index (κ3) is 2.91. The smallest absolute Gasteiger partial charge is 0.320 e. The molecular formula is C9H9FINO2. The molecule has 0 aliphatic rings. The van der Waals surface area contributed by atoms with Gasteiger partial charge in [-0.05, 0) is 46.7 Å². The number of hydrogen-bond donors (Lipinski definition) is 2. The topological polar surface area (TPSA) is 63.3 Å². The lowest BCUT2D eigenvalue weighted by Crippen LogP contribution is -2.32. The summed E-state index contributed by atoms with van der Waals surface area (Å²) in [6.07, 6.45) is 0.142. The van der Waals surface area contributed by atoms with E-state index in [-0.39, 0.29) is 12.2 Å². The molecule has 0 radical (unpaired) electrons. The van der Waals surface area contributed by atoms with E-state index in [1.165, 1.54) is 6.07 Å². The van der Waals surface area contributed by atoms with E-state index < -0.39 is 12.0 Å². The van der Waals surface area contributed by atoms with Crippen LogP contribution in [0.25, 0.3) is 0 Å². The lowest BCUT2D eigenvalue weighted by molar-refractivity contribution is -0.138. The highest BCUT2D eigenvalue weighted by Gasteiger charge is 2.12. The monoisotopic (exact) mass is 309 g/mol. The molecule has 0 bridgehead atoms. The predicted octanol–water partition coefficient (Wildman–Crippen LogP) is 1.38. The Balaban J connectivity index is 2.78. The van der Waals surface area contributed by atoms with Gasteiger partial charge in [0.1, 0.15) is 11.9 Å². The summed E-state index contributed by atoms with van der Waals surface area (Å²) in [5.41, 5.74) is 5.91. The third-order valence-electron chi connectivity index (χ3n) is 1.76. The zero-order valence-corrected chi connectivity index (χ0v) is 9.36. The molecule has 76 valence electrons. The Hall–Kier alpha value is -0.690. The van der Waals surface area contributed by atoms with E-state index in [0.717, 1.165) is 0 Å². The van der Waals surface area contributed by atoms with Gasteiger partial charge in [0.15, 0.2) is 0 Å². The first-order valence-electron chi connectivity index (χ1n) is 3.93. The van der Waals surface area contributed by atoms with E-state index in [0.29, 0.717) is 9.13 Å². The molecule has 0 saturated heterocycles. The molecule has 1 rings (SSSR count). The van der Waals surface area contributed by atoms with Crippen molar-refractivity contribution >= 4 is 28.6 Å². The van der Waals surface area contributed by atoms with Crippen LogP contribution in [0.1, 0.15) is 5.56 Å². The van der Waals surface area contributed by atoms with E-state index in [4.69, 9.17) is 10.8 Å². The molecule has 0 saturated carbocycles. The quantitative estimate of drug-likeness (QED) is 0.829. The lowest BCUT2D eigenvalue weighted by Gasteiger charge is -2.06. The Kier molecular flexibility index (Phi) is 3.82. The maximum atomic E-state index is 13.0. The fourth-order valence-electron chi connectivity index (χ4n) is 1.01. The van der Waals surface area contributed by atoms with E-state index in [1.807, 2.05) is 22.6 Å². The third-order valence-corrected chi connectivity index (χ3v) is 2.63. The molecule has 1 aromatic rings. The summed E-state index contributed by atoms with van der Waals surface area (Å²) >= 11 is 1.87. The van der Waals surface area contributed by atoms with Crippen molar-refractivity contribution in [1.29, 1.82) is 0 Å². The largest absolute Gasteiger partial charge is 0.480 e. The van der Waals surface area contributed by atoms with Crippen LogP contribution in [0, 0.1) is 9.39 Å². The first-order chi connectivity index (χ1) is 6.50. The van der Waals surface area contributed by atoms with Gasteiger partial charge < -0.3 is 10.8 Å². The highest BCUT2D eigenvalue weighted by atomic mass is 127. The normalized spacial score (nSPS) is 12.5. The van der Waals surface area contributed by atoms with Gasteiger partial charge >= 0.3 is 5.97 Å². The predicted molar refractivity (Wildman–Crippen MR) is 58.4 cm³/mol. The van der Waals surface area contributed by atoms with Gasteiger partial charge in [-0.2, -0.15) is 0 Å². The Morgan fingerprint density at radius 1 is 1.64 bits per heavy atom. The maximum absolute atomic E-state index is 13.0. The van der Waals surface area contributed by atoms with Crippen molar-refractivity contribution in [2.75, 3.05) is 0 Å². The summed E-state index contributed by atoms with van der Waals surface area (Å²) in [6.45, 7) is 0. The standard InChI is InChI=1S/C9H9FINO2/c10-6-3-5(1-2-7(6)11)4-8(12)9(13)14/h1-3,8H,4,12H2,(H,13,14)/t8-/m0/s1. The van der Waals surface area contributed by atoms with Crippen LogP contribution in [0.3, 0.4) is 0 Å². The van der Waals surface area contributed by atoms with Crippen LogP contribution >= 0.6 is 22.6 Å². The molecule has 0 unspecified atom stereocenters. The molecule has 14 heavy (non-hydrogen) atoms. The highest BCUT2D eigenvalue weighted by Crippen LogP contribution is 2.13. The Morgan fingerprint density at radius 2 is 2.29 bits per heavy atom. The first-order valence-corrected chi connectivity index (χ1v) is 5.01. The summed E-state index contributed by atoms with van der Waals surface area (Å²) in [7, 11) is 0. The number of benzene rings is 1. The highest BCUT2D eigenvalue weighted by molar-refractivity contribution is 14.1. The maximum Gasteiger partial charge on any atom is 0.320 e. The van der Waals surface area contributed by atoms with Crippen molar-refractivity contribution < 1.29 is 14.3 Å². The van der Waals surface area contributed by atoms with Gasteiger partial charge in [0.2, 0.25) is 0 Å². The summed E-state index contributed by atoms with van der Waals surface area (Å²) < 4.78 is 13.5. The summed E-state index contributed by atoms with van der Waals surface area (Å²) in [4.78, 5) is 10.4. The van der Waals surface area contributed by atoms with E-state index in [2.05, 4.69) is 0 Å². The van der Waals surface area contributed by atoms with Crippen molar-refractivity contribution in [3.05, 3.63) is 33.1 Å². The van der Waals surface area contributed by atoms with Gasteiger partial charge in [-0.1, -0.05) is 6.07 Å². The minimum Gasteiger partial charge on any atom is -0.480 e. The molecule has 1 atom stereocenters. The fraction of sp³-hybridized carbons (Fsp3) is 0.222. The van der Waals surface area contributed by atoms with Crippen LogP contribution in [-0.4, -0.2) is 17.1 Å². The molecule has 3 N–H and O–H groups in total. The van der Waals surface area contributed by atoms with Crippen molar-refractivity contribution in [2.45, 2.75) is 12.5 Å². The van der Waals surface area contributed by atoms with Gasteiger partial charge in [-0.3, -0.25) is 4.79 Å². The second kappa shape index (κ2) is 4.70. The second-order valence-corrected chi connectivity index (χ2v) is 4.06.